The van der Waals surface area contributed by atoms with Gasteiger partial charge in [-0.3, -0.25) is 0 Å². The Morgan fingerprint density at radius 3 is 2.52 bits per heavy atom. The Morgan fingerprint density at radius 1 is 1.00 bits per heavy atom. The molecule has 2 N–H and O–H groups in total. The molecule has 1 aromatic heterocycles. The van der Waals surface area contributed by atoms with Crippen molar-refractivity contribution in [2.45, 2.75) is 6.54 Å². The first kappa shape index (κ1) is 13.8. The Bertz CT molecular complexity index is 814. The van der Waals surface area contributed by atoms with Crippen LogP contribution in [-0.4, -0.2) is 4.98 Å². The lowest BCUT2D eigenvalue weighted by Crippen LogP contribution is -2.04. The lowest BCUT2D eigenvalue weighted by Gasteiger charge is -2.07. The van der Waals surface area contributed by atoms with E-state index in [4.69, 9.17) is 11.6 Å². The second-order valence-corrected chi connectivity index (χ2v) is 4.92. The molecule has 6 heteroatoms. The third-order valence-electron chi connectivity index (χ3n) is 3.20. The average Bonchev–Trinajstić information content (AvgIpc) is 2.81. The minimum absolute atomic E-state index is 0.122. The van der Waals surface area contributed by atoms with E-state index in [2.05, 4.69) is 10.3 Å². The van der Waals surface area contributed by atoms with E-state index in [9.17, 15) is 13.2 Å². The fourth-order valence-electron chi connectivity index (χ4n) is 2.13. The van der Waals surface area contributed by atoms with Gasteiger partial charge in [-0.2, -0.15) is 0 Å². The normalized spacial score (nSPS) is 11.0. The van der Waals surface area contributed by atoms with Gasteiger partial charge in [0.25, 0.3) is 0 Å². The van der Waals surface area contributed by atoms with E-state index in [0.29, 0.717) is 10.7 Å². The maximum Gasteiger partial charge on any atom is 0.196 e. The zero-order chi connectivity index (χ0) is 15.0. The number of nitrogens with one attached hydrogen (secondary N) is 2. The summed E-state index contributed by atoms with van der Waals surface area (Å²) < 4.78 is 39.5. The van der Waals surface area contributed by atoms with Gasteiger partial charge in [-0.25, -0.2) is 13.2 Å². The highest BCUT2D eigenvalue weighted by molar-refractivity contribution is 6.36. The molecule has 0 aliphatic heterocycles. The summed E-state index contributed by atoms with van der Waals surface area (Å²) in [6, 6.07) is 9.45. The quantitative estimate of drug-likeness (QED) is 0.665. The molecular formula is C15H10ClF3N2. The second kappa shape index (κ2) is 5.33. The summed E-state index contributed by atoms with van der Waals surface area (Å²) in [5, 5.41) is 4.07. The second-order valence-electron chi connectivity index (χ2n) is 4.54. The molecule has 0 aliphatic carbocycles. The first-order valence-electron chi connectivity index (χ1n) is 6.20. The number of benzene rings is 2. The summed E-state index contributed by atoms with van der Waals surface area (Å²) in [7, 11) is 0. The van der Waals surface area contributed by atoms with E-state index < -0.39 is 17.5 Å². The highest BCUT2D eigenvalue weighted by Crippen LogP contribution is 2.28. The van der Waals surface area contributed by atoms with E-state index in [1.165, 1.54) is 0 Å². The van der Waals surface area contributed by atoms with Crippen LogP contribution in [0.3, 0.4) is 0 Å². The Morgan fingerprint density at radius 2 is 1.76 bits per heavy atom. The predicted molar refractivity (Wildman–Crippen MR) is 77.0 cm³/mol. The molecule has 0 fully saturated rings. The molecule has 0 atom stereocenters. The minimum atomic E-state index is -1.50. The fourth-order valence-corrected chi connectivity index (χ4v) is 2.41. The van der Waals surface area contributed by atoms with Crippen LogP contribution in [0.25, 0.3) is 10.9 Å². The summed E-state index contributed by atoms with van der Waals surface area (Å²) in [4.78, 5) is 3.09. The van der Waals surface area contributed by atoms with Crippen molar-refractivity contribution in [3.8, 4) is 0 Å². The molecule has 0 unspecified atom stereocenters. The van der Waals surface area contributed by atoms with E-state index in [0.717, 1.165) is 23.0 Å². The number of halogens is 4. The summed E-state index contributed by atoms with van der Waals surface area (Å²) in [6.45, 7) is 0.162. The van der Waals surface area contributed by atoms with Gasteiger partial charge in [0.2, 0.25) is 0 Å². The number of hydrogen-bond acceptors (Lipinski definition) is 1. The van der Waals surface area contributed by atoms with Gasteiger partial charge in [0, 0.05) is 10.9 Å². The molecule has 0 saturated heterocycles. The van der Waals surface area contributed by atoms with Crippen LogP contribution in [0.1, 0.15) is 5.69 Å². The van der Waals surface area contributed by atoms with Crippen LogP contribution in [0.2, 0.25) is 5.02 Å². The van der Waals surface area contributed by atoms with Crippen molar-refractivity contribution in [1.29, 1.82) is 0 Å². The lowest BCUT2D eigenvalue weighted by atomic mass is 10.2. The summed E-state index contributed by atoms with van der Waals surface area (Å²) in [5.74, 6) is -3.97. The topological polar surface area (TPSA) is 27.8 Å². The zero-order valence-electron chi connectivity index (χ0n) is 10.7. The highest BCUT2D eigenvalue weighted by Gasteiger charge is 2.14. The standard InChI is InChI=1S/C15H10ClF3N2/c16-13-8-3-1-2-4-10(8)21-12(13)7-20-11-6-5-9(17)14(18)15(11)19/h1-6,20-21H,7H2. The van der Waals surface area contributed by atoms with Gasteiger partial charge in [0.15, 0.2) is 17.5 Å². The summed E-state index contributed by atoms with van der Waals surface area (Å²) >= 11 is 6.22. The van der Waals surface area contributed by atoms with E-state index in [1.807, 2.05) is 24.3 Å². The number of H-pyrrole nitrogens is 1. The van der Waals surface area contributed by atoms with Crippen LogP contribution < -0.4 is 5.32 Å². The molecule has 3 rings (SSSR count). The van der Waals surface area contributed by atoms with Crippen LogP contribution in [0, 0.1) is 17.5 Å². The molecule has 1 heterocycles. The fraction of sp³-hybridized carbons (Fsp3) is 0.0667. The molecule has 0 bridgehead atoms. The maximum atomic E-state index is 13.5. The average molecular weight is 311 g/mol. The van der Waals surface area contributed by atoms with Crippen LogP contribution in [0.4, 0.5) is 18.9 Å². The van der Waals surface area contributed by atoms with Gasteiger partial charge in [-0.05, 0) is 18.2 Å². The van der Waals surface area contributed by atoms with E-state index >= 15 is 0 Å². The molecule has 2 nitrogen and oxygen atoms in total. The number of aromatic amines is 1. The van der Waals surface area contributed by atoms with E-state index in [-0.39, 0.29) is 12.2 Å². The van der Waals surface area contributed by atoms with Gasteiger partial charge < -0.3 is 10.3 Å². The highest BCUT2D eigenvalue weighted by atomic mass is 35.5. The third kappa shape index (κ3) is 2.45. The molecule has 0 aliphatic rings. The van der Waals surface area contributed by atoms with Gasteiger partial charge in [0.1, 0.15) is 0 Å². The van der Waals surface area contributed by atoms with Crippen molar-refractivity contribution >= 4 is 28.2 Å². The number of aromatic nitrogens is 1. The van der Waals surface area contributed by atoms with Crippen molar-refractivity contribution in [2.75, 3.05) is 5.32 Å². The Labute approximate surface area is 123 Å². The maximum absolute atomic E-state index is 13.5. The third-order valence-corrected chi connectivity index (χ3v) is 3.64. The Hall–Kier alpha value is -2.14. The van der Waals surface area contributed by atoms with Crippen molar-refractivity contribution < 1.29 is 13.2 Å². The number of fused-ring (bicyclic) bond motifs is 1. The molecule has 0 radical (unpaired) electrons. The smallest absolute Gasteiger partial charge is 0.196 e. The number of para-hydroxylation sites is 1. The number of hydrogen-bond donors (Lipinski definition) is 2. The van der Waals surface area contributed by atoms with Gasteiger partial charge in [-0.1, -0.05) is 29.8 Å². The van der Waals surface area contributed by atoms with Crippen LogP contribution in [0.5, 0.6) is 0 Å². The van der Waals surface area contributed by atoms with Crippen LogP contribution in [0.15, 0.2) is 36.4 Å². The molecule has 3 aromatic rings. The Kier molecular flexibility index (Phi) is 3.51. The van der Waals surface area contributed by atoms with Gasteiger partial charge in [0.05, 0.1) is 22.9 Å². The number of rotatable bonds is 3. The molecule has 0 amide bonds. The zero-order valence-corrected chi connectivity index (χ0v) is 11.4. The van der Waals surface area contributed by atoms with Crippen LogP contribution in [-0.2, 0) is 6.54 Å². The van der Waals surface area contributed by atoms with Gasteiger partial charge in [-0.15, -0.1) is 0 Å². The Balaban J connectivity index is 1.87. The van der Waals surface area contributed by atoms with E-state index in [1.54, 1.807) is 0 Å². The van der Waals surface area contributed by atoms with Crippen molar-refractivity contribution in [3.63, 3.8) is 0 Å². The molecule has 0 saturated carbocycles. The lowest BCUT2D eigenvalue weighted by molar-refractivity contribution is 0.449. The van der Waals surface area contributed by atoms with Crippen LogP contribution >= 0.6 is 11.6 Å². The SMILES string of the molecule is Fc1ccc(NCc2[nH]c3ccccc3c2Cl)c(F)c1F. The summed E-state index contributed by atoms with van der Waals surface area (Å²) in [5.41, 5.74) is 1.37. The minimum Gasteiger partial charge on any atom is -0.377 e. The monoisotopic (exact) mass is 310 g/mol. The number of anilines is 1. The van der Waals surface area contributed by atoms with Crippen molar-refractivity contribution in [1.82, 2.24) is 4.98 Å². The first-order chi connectivity index (χ1) is 10.1. The largest absolute Gasteiger partial charge is 0.377 e. The van der Waals surface area contributed by atoms with Crippen molar-refractivity contribution in [3.05, 3.63) is 64.6 Å². The molecule has 21 heavy (non-hydrogen) atoms. The first-order valence-corrected chi connectivity index (χ1v) is 6.58. The molecule has 108 valence electrons. The molecular weight excluding hydrogens is 301 g/mol. The molecule has 0 spiro atoms. The summed E-state index contributed by atoms with van der Waals surface area (Å²) in [6.07, 6.45) is 0. The van der Waals surface area contributed by atoms with Gasteiger partial charge >= 0.3 is 0 Å². The molecule has 2 aromatic carbocycles. The van der Waals surface area contributed by atoms with Crippen molar-refractivity contribution in [2.24, 2.45) is 0 Å². The predicted octanol–water partition coefficient (Wildman–Crippen LogP) is 4.85.